The van der Waals surface area contributed by atoms with E-state index < -0.39 is 0 Å². The molecular weight excluding hydrogens is 494 g/mol. The number of rotatable bonds is 13. The normalized spacial score (nSPS) is 11.7. The number of aromatic nitrogens is 2. The Balaban J connectivity index is 1.43. The van der Waals surface area contributed by atoms with E-state index in [1.807, 2.05) is 36.4 Å². The number of hydrogen-bond acceptors (Lipinski definition) is 6. The van der Waals surface area contributed by atoms with Crippen molar-refractivity contribution in [1.29, 1.82) is 0 Å². The Hall–Kier alpha value is -4.20. The molecule has 0 aliphatic rings. The van der Waals surface area contributed by atoms with Crippen LogP contribution in [0.4, 0.5) is 0 Å². The monoisotopic (exact) mass is 531 g/mol. The molecule has 8 nitrogen and oxygen atoms in total. The zero-order chi connectivity index (χ0) is 27.8. The number of imidazole rings is 1. The molecule has 4 rings (SSSR count). The van der Waals surface area contributed by atoms with Gasteiger partial charge in [0.15, 0.2) is 11.5 Å². The number of carbonyl (C=O) groups is 1. The minimum absolute atomic E-state index is 0.266. The highest BCUT2D eigenvalue weighted by molar-refractivity contribution is 5.95. The first-order valence-corrected chi connectivity index (χ1v) is 13.2. The second kappa shape index (κ2) is 13.0. The number of fused-ring (bicyclic) bond motifs is 1. The molecule has 0 radical (unpaired) electrons. The zero-order valence-corrected chi connectivity index (χ0v) is 23.3. The predicted molar refractivity (Wildman–Crippen MR) is 152 cm³/mol. The van der Waals surface area contributed by atoms with Crippen molar-refractivity contribution >= 4 is 16.9 Å². The summed E-state index contributed by atoms with van der Waals surface area (Å²) in [6.07, 6.45) is 1.91. The predicted octanol–water partition coefficient (Wildman–Crippen LogP) is 5.97. The van der Waals surface area contributed by atoms with Crippen molar-refractivity contribution in [2.75, 3.05) is 27.9 Å². The molecule has 0 bridgehead atoms. The highest BCUT2D eigenvalue weighted by Crippen LogP contribution is 2.38. The first-order chi connectivity index (χ1) is 19.0. The Morgan fingerprint density at radius 2 is 1.67 bits per heavy atom. The number of methoxy groups -OCH3 is 3. The van der Waals surface area contributed by atoms with Gasteiger partial charge in [-0.15, -0.1) is 0 Å². The number of nitrogens with one attached hydrogen (secondary N) is 1. The van der Waals surface area contributed by atoms with Crippen LogP contribution < -0.4 is 24.3 Å². The summed E-state index contributed by atoms with van der Waals surface area (Å²) in [4.78, 5) is 17.8. The topological polar surface area (TPSA) is 83.8 Å². The lowest BCUT2D eigenvalue weighted by Crippen LogP contribution is -2.25. The van der Waals surface area contributed by atoms with Crippen LogP contribution in [-0.2, 0) is 13.1 Å². The summed E-state index contributed by atoms with van der Waals surface area (Å²) in [5.74, 6) is 3.20. The first-order valence-electron chi connectivity index (χ1n) is 13.2. The molecule has 0 saturated carbocycles. The van der Waals surface area contributed by atoms with Crippen molar-refractivity contribution in [2.45, 2.75) is 45.7 Å². The summed E-state index contributed by atoms with van der Waals surface area (Å²) in [6.45, 7) is 5.98. The molecule has 3 aromatic carbocycles. The summed E-state index contributed by atoms with van der Waals surface area (Å²) >= 11 is 0. The molecule has 1 unspecified atom stereocenters. The maximum atomic E-state index is 13.1. The molecule has 0 spiro atoms. The Labute approximate surface area is 229 Å². The summed E-state index contributed by atoms with van der Waals surface area (Å²) in [5.41, 5.74) is 3.64. The van der Waals surface area contributed by atoms with E-state index in [2.05, 4.69) is 35.9 Å². The van der Waals surface area contributed by atoms with Crippen LogP contribution in [0.3, 0.4) is 0 Å². The number of hydrogen-bond donors (Lipinski definition) is 1. The second-order valence-corrected chi connectivity index (χ2v) is 9.35. The number of aryl methyl sites for hydroxylation is 1. The summed E-state index contributed by atoms with van der Waals surface area (Å²) in [7, 11) is 4.57. The molecule has 0 aliphatic heterocycles. The van der Waals surface area contributed by atoms with Crippen molar-refractivity contribution in [1.82, 2.24) is 14.9 Å². The third-order valence-electron chi connectivity index (χ3n) is 6.92. The maximum absolute atomic E-state index is 13.1. The minimum atomic E-state index is -0.267. The van der Waals surface area contributed by atoms with Gasteiger partial charge in [-0.05, 0) is 60.7 Å². The number of nitrogens with zero attached hydrogens (tertiary/aromatic N) is 2. The average Bonchev–Trinajstić information content (AvgIpc) is 3.34. The molecular formula is C31H37N3O5. The molecule has 206 valence electrons. The molecule has 1 atom stereocenters. The third kappa shape index (κ3) is 6.45. The summed E-state index contributed by atoms with van der Waals surface area (Å²) in [5, 5.41) is 2.99. The van der Waals surface area contributed by atoms with Crippen molar-refractivity contribution in [3.63, 3.8) is 0 Å². The Morgan fingerprint density at radius 3 is 2.31 bits per heavy atom. The molecule has 0 fully saturated rings. The van der Waals surface area contributed by atoms with Gasteiger partial charge in [-0.2, -0.15) is 0 Å². The molecule has 0 aliphatic carbocycles. The van der Waals surface area contributed by atoms with Gasteiger partial charge in [0.05, 0.1) is 45.5 Å². The smallest absolute Gasteiger partial charge is 0.251 e. The van der Waals surface area contributed by atoms with Crippen LogP contribution in [0.1, 0.15) is 54.4 Å². The average molecular weight is 532 g/mol. The maximum Gasteiger partial charge on any atom is 0.251 e. The van der Waals surface area contributed by atoms with Crippen molar-refractivity contribution in [3.05, 3.63) is 77.6 Å². The molecule has 1 N–H and O–H groups in total. The van der Waals surface area contributed by atoms with E-state index >= 15 is 0 Å². The number of para-hydroxylation sites is 2. The Kier molecular flexibility index (Phi) is 9.31. The van der Waals surface area contributed by atoms with Gasteiger partial charge >= 0.3 is 0 Å². The molecule has 1 heterocycles. The standard InChI is InChI=1S/C31H37N3O5/c1-6-21(2)22-12-14-24(15-13-22)39-17-9-16-34-26-11-8-7-10-25(26)33-29(34)20-32-31(35)23-18-27(36-3)30(38-5)28(19-23)37-4/h7-8,10-15,18-19,21H,6,9,16-17,20H2,1-5H3,(H,32,35). The molecule has 1 aromatic heterocycles. The van der Waals surface area contributed by atoms with Crippen LogP contribution in [0.5, 0.6) is 23.0 Å². The lowest BCUT2D eigenvalue weighted by atomic mass is 9.99. The van der Waals surface area contributed by atoms with E-state index in [0.29, 0.717) is 41.9 Å². The van der Waals surface area contributed by atoms with Crippen LogP contribution in [0.15, 0.2) is 60.7 Å². The minimum Gasteiger partial charge on any atom is -0.494 e. The van der Waals surface area contributed by atoms with Gasteiger partial charge < -0.3 is 28.8 Å². The van der Waals surface area contributed by atoms with Crippen molar-refractivity contribution in [3.8, 4) is 23.0 Å². The van der Waals surface area contributed by atoms with Gasteiger partial charge in [-0.25, -0.2) is 4.98 Å². The Bertz CT molecular complexity index is 1370. The van der Waals surface area contributed by atoms with Crippen LogP contribution in [0.2, 0.25) is 0 Å². The third-order valence-corrected chi connectivity index (χ3v) is 6.92. The van der Waals surface area contributed by atoms with Gasteiger partial charge in [-0.3, -0.25) is 4.79 Å². The Morgan fingerprint density at radius 1 is 0.974 bits per heavy atom. The molecule has 0 saturated heterocycles. The van der Waals surface area contributed by atoms with E-state index in [1.54, 1.807) is 12.1 Å². The van der Waals surface area contributed by atoms with Crippen LogP contribution in [-0.4, -0.2) is 43.4 Å². The van der Waals surface area contributed by atoms with E-state index in [9.17, 15) is 4.79 Å². The van der Waals surface area contributed by atoms with E-state index in [-0.39, 0.29) is 12.5 Å². The highest BCUT2D eigenvalue weighted by Gasteiger charge is 2.18. The fourth-order valence-electron chi connectivity index (χ4n) is 4.52. The highest BCUT2D eigenvalue weighted by atomic mass is 16.5. The fraction of sp³-hybridized carbons (Fsp3) is 0.355. The van der Waals surface area contributed by atoms with Gasteiger partial charge in [-0.1, -0.05) is 38.1 Å². The lowest BCUT2D eigenvalue weighted by Gasteiger charge is -2.14. The number of carbonyl (C=O) groups excluding carboxylic acids is 1. The largest absolute Gasteiger partial charge is 0.494 e. The van der Waals surface area contributed by atoms with Gasteiger partial charge in [0.2, 0.25) is 5.75 Å². The fourth-order valence-corrected chi connectivity index (χ4v) is 4.52. The van der Waals surface area contributed by atoms with Gasteiger partial charge in [0.25, 0.3) is 5.91 Å². The lowest BCUT2D eigenvalue weighted by molar-refractivity contribution is 0.0948. The van der Waals surface area contributed by atoms with Crippen LogP contribution >= 0.6 is 0 Å². The number of benzene rings is 3. The van der Waals surface area contributed by atoms with Crippen LogP contribution in [0.25, 0.3) is 11.0 Å². The molecule has 39 heavy (non-hydrogen) atoms. The SMILES string of the molecule is CCC(C)c1ccc(OCCCn2c(CNC(=O)c3cc(OC)c(OC)c(OC)c3)nc3ccccc32)cc1. The van der Waals surface area contributed by atoms with Gasteiger partial charge in [0.1, 0.15) is 11.6 Å². The summed E-state index contributed by atoms with van der Waals surface area (Å²) < 4.78 is 24.3. The summed E-state index contributed by atoms with van der Waals surface area (Å²) in [6, 6.07) is 19.6. The van der Waals surface area contributed by atoms with Crippen molar-refractivity contribution in [2.24, 2.45) is 0 Å². The number of ether oxygens (including phenoxy) is 4. The van der Waals surface area contributed by atoms with E-state index in [1.165, 1.54) is 26.9 Å². The van der Waals surface area contributed by atoms with Gasteiger partial charge in [0, 0.05) is 12.1 Å². The molecule has 4 aromatic rings. The van der Waals surface area contributed by atoms with Crippen LogP contribution in [0, 0.1) is 0 Å². The van der Waals surface area contributed by atoms with E-state index in [4.69, 9.17) is 23.9 Å². The number of amides is 1. The van der Waals surface area contributed by atoms with E-state index in [0.717, 1.165) is 35.4 Å². The zero-order valence-electron chi connectivity index (χ0n) is 23.3. The molecule has 1 amide bonds. The quantitative estimate of drug-likeness (QED) is 0.214. The second-order valence-electron chi connectivity index (χ2n) is 9.35. The molecule has 8 heteroatoms. The van der Waals surface area contributed by atoms with Crippen molar-refractivity contribution < 1.29 is 23.7 Å². The first kappa shape index (κ1) is 27.8.